The van der Waals surface area contributed by atoms with E-state index in [2.05, 4.69) is 0 Å². The van der Waals surface area contributed by atoms with Crippen molar-refractivity contribution in [1.82, 2.24) is 9.55 Å². The molecule has 0 amide bonds. The molecule has 0 aliphatic rings. The molecule has 0 atom stereocenters. The molecule has 0 aromatic carbocycles. The molecule has 0 aliphatic carbocycles. The Kier molecular flexibility index (Phi) is 1.52. The molecule has 0 fully saturated rings. The Labute approximate surface area is 61.5 Å². The Hall–Kier alpha value is -1.96. The molecule has 0 aliphatic heterocycles. The lowest BCUT2D eigenvalue weighted by atomic mass is 10.6. The molecule has 1 aromatic heterocycles. The molecule has 3 N–H and O–H groups in total. The molecule has 5 nitrogen and oxygen atoms in total. The maximum atomic E-state index is 10.8. The number of nitrogens with one attached hydrogen (secondary N) is 1. The monoisotopic (exact) mass is 151 g/mol. The molecular weight excluding hydrogens is 146 g/mol. The highest BCUT2D eigenvalue weighted by Gasteiger charge is 1.97. The van der Waals surface area contributed by atoms with Gasteiger partial charge in [0.2, 0.25) is 0 Å². The number of nitrogens with two attached hydrogens (primary N) is 1. The topological polar surface area (TPSA) is 80.9 Å². The highest BCUT2D eigenvalue weighted by Crippen LogP contribution is 1.86. The third-order valence-electron chi connectivity index (χ3n) is 1.10. The molecule has 5 heteroatoms. The van der Waals surface area contributed by atoms with Crippen molar-refractivity contribution in [2.24, 2.45) is 0 Å². The first kappa shape index (κ1) is 7.15. The molecule has 0 bridgehead atoms. The average Bonchev–Trinajstić information content (AvgIpc) is 1.85. The number of aromatic nitrogens is 2. The smallest absolute Gasteiger partial charge is 0.341 e. The quantitative estimate of drug-likeness (QED) is 0.445. The summed E-state index contributed by atoms with van der Waals surface area (Å²) in [6.07, 6.45) is 4.91. The fourth-order valence-corrected chi connectivity index (χ4v) is 0.647. The summed E-state index contributed by atoms with van der Waals surface area (Å²) < 4.78 is 0.807. The normalized spacial score (nSPS) is 9.00. The van der Waals surface area contributed by atoms with Crippen molar-refractivity contribution in [2.75, 3.05) is 5.73 Å². The minimum Gasteiger partial charge on any atom is -0.384 e. The first-order chi connectivity index (χ1) is 5.15. The van der Waals surface area contributed by atoms with Crippen LogP contribution in [0.3, 0.4) is 0 Å². The Morgan fingerprint density at radius 3 is 2.73 bits per heavy atom. The summed E-state index contributed by atoms with van der Waals surface area (Å²) >= 11 is 0. The predicted molar refractivity (Wildman–Crippen MR) is 40.0 cm³/mol. The summed E-state index contributed by atoms with van der Waals surface area (Å²) in [7, 11) is 0. The fraction of sp³-hybridized carbons (Fsp3) is 0. The zero-order valence-corrected chi connectivity index (χ0v) is 5.50. The zero-order valence-electron chi connectivity index (χ0n) is 5.50. The molecule has 1 heterocycles. The van der Waals surface area contributed by atoms with Gasteiger partial charge in [0, 0.05) is 12.1 Å². The van der Waals surface area contributed by atoms with E-state index >= 15 is 0 Å². The number of rotatable bonds is 0. The summed E-state index contributed by atoms with van der Waals surface area (Å²) in [5.41, 5.74) is 3.98. The molecule has 0 saturated heterocycles. The van der Waals surface area contributed by atoms with Gasteiger partial charge < -0.3 is 5.73 Å². The van der Waals surface area contributed by atoms with Crippen LogP contribution in [0.5, 0.6) is 0 Å². The van der Waals surface area contributed by atoms with Crippen LogP contribution in [-0.2, 0) is 0 Å². The van der Waals surface area contributed by atoms with E-state index in [1.165, 1.54) is 0 Å². The van der Waals surface area contributed by atoms with Crippen LogP contribution in [0.2, 0.25) is 0 Å². The van der Waals surface area contributed by atoms with Gasteiger partial charge in [-0.1, -0.05) is 6.42 Å². The molecule has 0 saturated carbocycles. The standard InChI is InChI=1S/C6H5N3O2/c1-2-9-4(7)3-5(10)8-6(9)11/h1,3H,7H2,(H,8,10,11). The van der Waals surface area contributed by atoms with E-state index in [1.54, 1.807) is 0 Å². The summed E-state index contributed by atoms with van der Waals surface area (Å²) in [5, 5.41) is 0. The van der Waals surface area contributed by atoms with E-state index < -0.39 is 11.2 Å². The maximum absolute atomic E-state index is 10.8. The third-order valence-corrected chi connectivity index (χ3v) is 1.10. The van der Waals surface area contributed by atoms with Crippen LogP contribution in [0.25, 0.3) is 0 Å². The van der Waals surface area contributed by atoms with E-state index in [0.29, 0.717) is 0 Å². The van der Waals surface area contributed by atoms with Gasteiger partial charge in [-0.15, -0.1) is 0 Å². The number of terminal acetylenes is 1. The maximum Gasteiger partial charge on any atom is 0.341 e. The zero-order chi connectivity index (χ0) is 8.43. The lowest BCUT2D eigenvalue weighted by Gasteiger charge is -1.96. The fourth-order valence-electron chi connectivity index (χ4n) is 0.647. The molecule has 1 rings (SSSR count). The van der Waals surface area contributed by atoms with Crippen molar-refractivity contribution >= 4 is 5.82 Å². The van der Waals surface area contributed by atoms with Crippen LogP contribution < -0.4 is 17.0 Å². The second-order valence-electron chi connectivity index (χ2n) is 1.83. The largest absolute Gasteiger partial charge is 0.384 e. The summed E-state index contributed by atoms with van der Waals surface area (Å²) in [4.78, 5) is 23.3. The molecule has 0 radical (unpaired) electrons. The summed E-state index contributed by atoms with van der Waals surface area (Å²) in [5.74, 6) is -0.0405. The molecule has 11 heavy (non-hydrogen) atoms. The first-order valence-electron chi connectivity index (χ1n) is 2.73. The lowest BCUT2D eigenvalue weighted by Crippen LogP contribution is -2.29. The van der Waals surface area contributed by atoms with E-state index in [4.69, 9.17) is 12.2 Å². The van der Waals surface area contributed by atoms with Gasteiger partial charge in [-0.3, -0.25) is 9.78 Å². The molecule has 1 aromatic rings. The summed E-state index contributed by atoms with van der Waals surface area (Å²) in [6, 6.07) is 3.04. The summed E-state index contributed by atoms with van der Waals surface area (Å²) in [6.45, 7) is 0. The molecular formula is C6H5N3O2. The minimum atomic E-state index is -0.697. The number of H-pyrrole nitrogens is 1. The van der Waals surface area contributed by atoms with Crippen molar-refractivity contribution in [2.45, 2.75) is 0 Å². The highest BCUT2D eigenvalue weighted by molar-refractivity contribution is 5.30. The van der Waals surface area contributed by atoms with E-state index in [9.17, 15) is 9.59 Å². The van der Waals surface area contributed by atoms with Gasteiger partial charge in [0.05, 0.1) is 0 Å². The van der Waals surface area contributed by atoms with Crippen molar-refractivity contribution < 1.29 is 0 Å². The van der Waals surface area contributed by atoms with Gasteiger partial charge in [0.25, 0.3) is 5.56 Å². The number of aromatic amines is 1. The second kappa shape index (κ2) is 2.34. The molecule has 0 spiro atoms. The Balaban J connectivity index is 3.66. The average molecular weight is 151 g/mol. The first-order valence-corrected chi connectivity index (χ1v) is 2.73. The van der Waals surface area contributed by atoms with Crippen molar-refractivity contribution in [3.05, 3.63) is 26.9 Å². The number of hydrogen-bond donors (Lipinski definition) is 2. The van der Waals surface area contributed by atoms with Crippen LogP contribution in [0.15, 0.2) is 15.7 Å². The van der Waals surface area contributed by atoms with Gasteiger partial charge in [-0.05, 0) is 0 Å². The van der Waals surface area contributed by atoms with E-state index in [-0.39, 0.29) is 5.82 Å². The minimum absolute atomic E-state index is 0.0405. The van der Waals surface area contributed by atoms with E-state index in [0.717, 1.165) is 10.6 Å². The second-order valence-corrected chi connectivity index (χ2v) is 1.83. The van der Waals surface area contributed by atoms with Gasteiger partial charge in [0.1, 0.15) is 5.82 Å². The molecule has 56 valence electrons. The van der Waals surface area contributed by atoms with Gasteiger partial charge in [-0.25, -0.2) is 9.36 Å². The lowest BCUT2D eigenvalue weighted by molar-refractivity contribution is 0.938. The Morgan fingerprint density at radius 1 is 1.64 bits per heavy atom. The number of nitrogens with zero attached hydrogens (tertiary/aromatic N) is 1. The van der Waals surface area contributed by atoms with Gasteiger partial charge in [-0.2, -0.15) is 0 Å². The van der Waals surface area contributed by atoms with Crippen LogP contribution >= 0.6 is 0 Å². The van der Waals surface area contributed by atoms with E-state index in [1.807, 2.05) is 11.0 Å². The van der Waals surface area contributed by atoms with Crippen molar-refractivity contribution in [1.29, 1.82) is 0 Å². The van der Waals surface area contributed by atoms with Crippen LogP contribution in [0.4, 0.5) is 5.82 Å². The van der Waals surface area contributed by atoms with Gasteiger partial charge in [0.15, 0.2) is 0 Å². The molecule has 0 unspecified atom stereocenters. The van der Waals surface area contributed by atoms with Crippen molar-refractivity contribution in [3.8, 4) is 12.5 Å². The van der Waals surface area contributed by atoms with Gasteiger partial charge >= 0.3 is 5.69 Å². The van der Waals surface area contributed by atoms with Crippen molar-refractivity contribution in [3.63, 3.8) is 0 Å². The SMILES string of the molecule is C#Cn1c(N)cc(=O)[nH]c1=O. The number of hydrogen-bond acceptors (Lipinski definition) is 3. The Morgan fingerprint density at radius 2 is 2.27 bits per heavy atom. The van der Waals surface area contributed by atoms with Crippen LogP contribution in [0.1, 0.15) is 0 Å². The van der Waals surface area contributed by atoms with Crippen LogP contribution in [-0.4, -0.2) is 9.55 Å². The predicted octanol–water partition coefficient (Wildman–Crippen LogP) is -1.44. The highest BCUT2D eigenvalue weighted by atomic mass is 16.2. The van der Waals surface area contributed by atoms with Crippen LogP contribution in [0, 0.1) is 12.5 Å². The Bertz CT molecular complexity index is 421. The number of nitrogen functional groups attached to an aromatic ring is 1. The number of anilines is 1. The third kappa shape index (κ3) is 1.14.